The van der Waals surface area contributed by atoms with Crippen LogP contribution in [0, 0.1) is 6.92 Å². The predicted octanol–water partition coefficient (Wildman–Crippen LogP) is 1.25. The van der Waals surface area contributed by atoms with Crippen molar-refractivity contribution in [1.29, 1.82) is 0 Å². The maximum absolute atomic E-state index is 11.6. The van der Waals surface area contributed by atoms with Gasteiger partial charge in [-0.1, -0.05) is 0 Å². The lowest BCUT2D eigenvalue weighted by molar-refractivity contribution is -0.119. The van der Waals surface area contributed by atoms with E-state index in [1.807, 2.05) is 12.1 Å². The highest BCUT2D eigenvalue weighted by Crippen LogP contribution is 2.20. The molecule has 0 radical (unpaired) electrons. The van der Waals surface area contributed by atoms with Crippen molar-refractivity contribution in [2.75, 3.05) is 18.0 Å². The number of nitrogens with zero attached hydrogens (tertiary/aromatic N) is 3. The molecule has 1 atom stereocenters. The van der Waals surface area contributed by atoms with Gasteiger partial charge >= 0.3 is 0 Å². The second kappa shape index (κ2) is 6.82. The Balaban J connectivity index is 1.76. The molecule has 2 aromatic heterocycles. The van der Waals surface area contributed by atoms with Crippen molar-refractivity contribution in [3.05, 3.63) is 40.4 Å². The van der Waals surface area contributed by atoms with Gasteiger partial charge in [-0.05, 0) is 31.9 Å². The van der Waals surface area contributed by atoms with Gasteiger partial charge in [0.2, 0.25) is 5.91 Å². The van der Waals surface area contributed by atoms with E-state index < -0.39 is 0 Å². The van der Waals surface area contributed by atoms with Gasteiger partial charge in [-0.2, -0.15) is 0 Å². The van der Waals surface area contributed by atoms with Crippen molar-refractivity contribution in [1.82, 2.24) is 20.3 Å². The zero-order valence-corrected chi connectivity index (χ0v) is 13.9. The van der Waals surface area contributed by atoms with Crippen LogP contribution in [0.3, 0.4) is 0 Å². The fraction of sp³-hybridized carbons (Fsp3) is 0.412. The monoisotopic (exact) mass is 327 g/mol. The number of aryl methyl sites for hydroxylation is 1. The molecule has 3 rings (SSSR count). The highest BCUT2D eigenvalue weighted by atomic mass is 16.1. The fourth-order valence-electron chi connectivity index (χ4n) is 3.02. The molecule has 2 N–H and O–H groups in total. The van der Waals surface area contributed by atoms with E-state index >= 15 is 0 Å². The molecule has 0 aliphatic carbocycles. The first kappa shape index (κ1) is 16.2. The lowest BCUT2D eigenvalue weighted by atomic mass is 10.1. The molecule has 0 aromatic carbocycles. The zero-order chi connectivity index (χ0) is 17.1. The number of amides is 1. The first-order valence-electron chi connectivity index (χ1n) is 8.08. The number of carbonyl (C=O) groups is 1. The van der Waals surface area contributed by atoms with E-state index in [9.17, 15) is 9.59 Å². The van der Waals surface area contributed by atoms with Crippen LogP contribution in [0.15, 0.2) is 29.2 Å². The van der Waals surface area contributed by atoms with Crippen molar-refractivity contribution >= 4 is 11.7 Å². The quantitative estimate of drug-likeness (QED) is 0.885. The van der Waals surface area contributed by atoms with Gasteiger partial charge in [0.1, 0.15) is 11.6 Å². The highest BCUT2D eigenvalue weighted by Gasteiger charge is 2.21. The van der Waals surface area contributed by atoms with Crippen LogP contribution >= 0.6 is 0 Å². The molecule has 2 aromatic rings. The van der Waals surface area contributed by atoms with Gasteiger partial charge in [-0.15, -0.1) is 0 Å². The van der Waals surface area contributed by atoms with Crippen LogP contribution in [-0.4, -0.2) is 40.0 Å². The summed E-state index contributed by atoms with van der Waals surface area (Å²) in [5.74, 6) is 1.39. The molecule has 1 aliphatic rings. The van der Waals surface area contributed by atoms with Crippen LogP contribution in [0.4, 0.5) is 5.82 Å². The van der Waals surface area contributed by atoms with Crippen LogP contribution in [0.25, 0.3) is 11.4 Å². The minimum Gasteiger partial charge on any atom is -0.355 e. The Labute approximate surface area is 140 Å². The number of aromatic amines is 1. The zero-order valence-electron chi connectivity index (χ0n) is 13.9. The number of nitrogens with one attached hydrogen (secondary N) is 2. The van der Waals surface area contributed by atoms with Crippen molar-refractivity contribution in [3.8, 4) is 11.4 Å². The van der Waals surface area contributed by atoms with Gasteiger partial charge < -0.3 is 15.2 Å². The number of hydrogen-bond acceptors (Lipinski definition) is 5. The molecular weight excluding hydrogens is 306 g/mol. The Bertz CT molecular complexity index is 784. The number of aromatic nitrogens is 3. The SMILES string of the molecule is CC(=O)N[C@@H]1CCCN(c2ccc(-c3nc(C)cc(=O)[nH]3)cn2)C1. The van der Waals surface area contributed by atoms with E-state index in [0.29, 0.717) is 11.5 Å². The second-order valence-corrected chi connectivity index (χ2v) is 6.13. The standard InChI is InChI=1S/C17H21N5O2/c1-11-8-16(24)21-17(19-11)13-5-6-15(18-9-13)22-7-3-4-14(10-22)20-12(2)23/h5-6,8-9,14H,3-4,7,10H2,1-2H3,(H,20,23)(H,19,21,24)/t14-/m1/s1. The first-order chi connectivity index (χ1) is 11.5. The third-order valence-electron chi connectivity index (χ3n) is 4.04. The average molecular weight is 327 g/mol. The summed E-state index contributed by atoms with van der Waals surface area (Å²) in [6.45, 7) is 5.01. The van der Waals surface area contributed by atoms with Gasteiger partial charge in [0.05, 0.1) is 0 Å². The van der Waals surface area contributed by atoms with Crippen molar-refractivity contribution in [3.63, 3.8) is 0 Å². The third kappa shape index (κ3) is 3.79. The number of hydrogen-bond donors (Lipinski definition) is 2. The van der Waals surface area contributed by atoms with Gasteiger partial charge in [0.25, 0.3) is 5.56 Å². The maximum atomic E-state index is 11.6. The van der Waals surface area contributed by atoms with E-state index in [1.54, 1.807) is 20.0 Å². The predicted molar refractivity (Wildman–Crippen MR) is 91.9 cm³/mol. The lowest BCUT2D eigenvalue weighted by Gasteiger charge is -2.33. The summed E-state index contributed by atoms with van der Waals surface area (Å²) in [5.41, 5.74) is 1.28. The first-order valence-corrected chi connectivity index (χ1v) is 8.08. The summed E-state index contributed by atoms with van der Waals surface area (Å²) >= 11 is 0. The molecule has 0 spiro atoms. The number of pyridine rings is 1. The van der Waals surface area contributed by atoms with Crippen LogP contribution < -0.4 is 15.8 Å². The minimum atomic E-state index is -0.171. The number of rotatable bonds is 3. The van der Waals surface area contributed by atoms with Crippen LogP contribution in [-0.2, 0) is 4.79 Å². The molecule has 126 valence electrons. The molecule has 1 fully saturated rings. The molecule has 3 heterocycles. The van der Waals surface area contributed by atoms with Crippen molar-refractivity contribution in [2.24, 2.45) is 0 Å². The normalized spacial score (nSPS) is 17.6. The summed E-state index contributed by atoms with van der Waals surface area (Å²) in [6.07, 6.45) is 3.72. The smallest absolute Gasteiger partial charge is 0.251 e. The van der Waals surface area contributed by atoms with E-state index in [0.717, 1.165) is 37.3 Å². The van der Waals surface area contributed by atoms with E-state index in [1.165, 1.54) is 6.07 Å². The van der Waals surface area contributed by atoms with E-state index in [4.69, 9.17) is 0 Å². The Morgan fingerprint density at radius 3 is 2.92 bits per heavy atom. The van der Waals surface area contributed by atoms with E-state index in [2.05, 4.69) is 25.2 Å². The van der Waals surface area contributed by atoms with Crippen LogP contribution in [0.1, 0.15) is 25.5 Å². The molecule has 0 bridgehead atoms. The average Bonchev–Trinajstić information content (AvgIpc) is 2.54. The van der Waals surface area contributed by atoms with Crippen molar-refractivity contribution < 1.29 is 4.79 Å². The Morgan fingerprint density at radius 1 is 1.42 bits per heavy atom. The summed E-state index contributed by atoms with van der Waals surface area (Å²) in [4.78, 5) is 36.5. The number of anilines is 1. The summed E-state index contributed by atoms with van der Waals surface area (Å²) in [5, 5.41) is 2.97. The topological polar surface area (TPSA) is 91.0 Å². The van der Waals surface area contributed by atoms with Crippen molar-refractivity contribution in [2.45, 2.75) is 32.7 Å². The molecule has 7 nitrogen and oxygen atoms in total. The molecule has 1 aliphatic heterocycles. The van der Waals surface area contributed by atoms with Gasteiger partial charge in [0, 0.05) is 49.6 Å². The number of carbonyl (C=O) groups excluding carboxylic acids is 1. The summed E-state index contributed by atoms with van der Waals surface area (Å²) in [6, 6.07) is 5.45. The molecule has 1 saturated heterocycles. The number of piperidine rings is 1. The maximum Gasteiger partial charge on any atom is 0.251 e. The largest absolute Gasteiger partial charge is 0.355 e. The second-order valence-electron chi connectivity index (χ2n) is 6.13. The highest BCUT2D eigenvalue weighted by molar-refractivity contribution is 5.73. The Kier molecular flexibility index (Phi) is 4.59. The van der Waals surface area contributed by atoms with Crippen LogP contribution in [0.5, 0.6) is 0 Å². The van der Waals surface area contributed by atoms with E-state index in [-0.39, 0.29) is 17.5 Å². The molecular formula is C17H21N5O2. The summed E-state index contributed by atoms with van der Waals surface area (Å²) < 4.78 is 0. The Morgan fingerprint density at radius 2 is 2.25 bits per heavy atom. The minimum absolute atomic E-state index is 0.000340. The third-order valence-corrected chi connectivity index (χ3v) is 4.04. The molecule has 1 amide bonds. The molecule has 24 heavy (non-hydrogen) atoms. The molecule has 0 saturated carbocycles. The van der Waals surface area contributed by atoms with Crippen LogP contribution in [0.2, 0.25) is 0 Å². The van der Waals surface area contributed by atoms with Gasteiger partial charge in [0.15, 0.2) is 0 Å². The van der Waals surface area contributed by atoms with Gasteiger partial charge in [-0.25, -0.2) is 9.97 Å². The Hall–Kier alpha value is -2.70. The summed E-state index contributed by atoms with van der Waals surface area (Å²) in [7, 11) is 0. The molecule has 7 heteroatoms. The fourth-order valence-corrected chi connectivity index (χ4v) is 3.02. The lowest BCUT2D eigenvalue weighted by Crippen LogP contribution is -2.47. The molecule has 0 unspecified atom stereocenters. The number of H-pyrrole nitrogens is 1. The van der Waals surface area contributed by atoms with Gasteiger partial charge in [-0.3, -0.25) is 9.59 Å².